The molecular formula is C15H26O2. The van der Waals surface area contributed by atoms with Gasteiger partial charge in [0, 0.05) is 12.3 Å². The number of hydrogen-bond donors (Lipinski definition) is 0. The molecule has 2 heterocycles. The van der Waals surface area contributed by atoms with Crippen molar-refractivity contribution in [2.24, 2.45) is 17.3 Å². The van der Waals surface area contributed by atoms with Crippen LogP contribution in [0.15, 0.2) is 0 Å². The third-order valence-corrected chi connectivity index (χ3v) is 5.44. The zero-order valence-corrected chi connectivity index (χ0v) is 11.7. The second-order valence-electron chi connectivity index (χ2n) is 7.65. The van der Waals surface area contributed by atoms with Crippen LogP contribution in [0.25, 0.3) is 0 Å². The number of hydrogen-bond acceptors (Lipinski definition) is 2. The van der Waals surface area contributed by atoms with Gasteiger partial charge in [-0.15, -0.1) is 0 Å². The lowest BCUT2D eigenvalue weighted by Crippen LogP contribution is -2.53. The van der Waals surface area contributed by atoms with Crippen molar-refractivity contribution in [1.29, 1.82) is 0 Å². The summed E-state index contributed by atoms with van der Waals surface area (Å²) in [6, 6.07) is 0. The fraction of sp³-hybridized carbons (Fsp3) is 1.00. The van der Waals surface area contributed by atoms with Crippen LogP contribution in [0.2, 0.25) is 0 Å². The molecule has 0 radical (unpaired) electrons. The van der Waals surface area contributed by atoms with E-state index in [0.29, 0.717) is 11.3 Å². The zero-order valence-electron chi connectivity index (χ0n) is 11.7. The summed E-state index contributed by atoms with van der Waals surface area (Å²) in [6.45, 7) is 10.2. The lowest BCUT2D eigenvalue weighted by atomic mass is 9.63. The minimum Gasteiger partial charge on any atom is -0.350 e. The first-order valence-electron chi connectivity index (χ1n) is 7.17. The van der Waals surface area contributed by atoms with E-state index < -0.39 is 0 Å². The van der Waals surface area contributed by atoms with E-state index in [-0.39, 0.29) is 11.4 Å². The minimum atomic E-state index is -0.268. The molecule has 2 bridgehead atoms. The molecule has 3 fully saturated rings. The Morgan fingerprint density at radius 1 is 1.12 bits per heavy atom. The lowest BCUT2D eigenvalue weighted by Gasteiger charge is -2.51. The summed E-state index contributed by atoms with van der Waals surface area (Å²) in [4.78, 5) is 0. The fourth-order valence-corrected chi connectivity index (χ4v) is 4.11. The molecular weight excluding hydrogens is 212 g/mol. The molecule has 0 N–H and O–H groups in total. The van der Waals surface area contributed by atoms with E-state index in [1.807, 2.05) is 0 Å². The van der Waals surface area contributed by atoms with Gasteiger partial charge in [-0.05, 0) is 43.9 Å². The average molecular weight is 238 g/mol. The van der Waals surface area contributed by atoms with Crippen molar-refractivity contribution in [3.63, 3.8) is 0 Å². The second-order valence-corrected chi connectivity index (χ2v) is 7.65. The normalized spacial score (nSPS) is 50.1. The SMILES string of the molecule is CC12CC[C@@]3(C[C@H](C(C)(C)C)CC[C@H]3CO1)O2. The highest BCUT2D eigenvalue weighted by Gasteiger charge is 2.58. The van der Waals surface area contributed by atoms with Crippen molar-refractivity contribution in [3.05, 3.63) is 0 Å². The molecule has 17 heavy (non-hydrogen) atoms. The zero-order chi connectivity index (χ0) is 12.3. The summed E-state index contributed by atoms with van der Waals surface area (Å²) in [5, 5.41) is 0. The van der Waals surface area contributed by atoms with E-state index in [1.165, 1.54) is 25.7 Å². The molecule has 2 aliphatic heterocycles. The van der Waals surface area contributed by atoms with Gasteiger partial charge in [0.05, 0.1) is 12.2 Å². The molecule has 1 unspecified atom stereocenters. The highest BCUT2D eigenvalue weighted by Crippen LogP contribution is 2.56. The fourth-order valence-electron chi connectivity index (χ4n) is 4.11. The largest absolute Gasteiger partial charge is 0.350 e. The van der Waals surface area contributed by atoms with Gasteiger partial charge in [-0.25, -0.2) is 0 Å². The highest BCUT2D eigenvalue weighted by molar-refractivity contribution is 5.04. The first kappa shape index (κ1) is 12.0. The first-order chi connectivity index (χ1) is 7.83. The van der Waals surface area contributed by atoms with Crippen LogP contribution >= 0.6 is 0 Å². The Morgan fingerprint density at radius 3 is 2.59 bits per heavy atom. The van der Waals surface area contributed by atoms with Gasteiger partial charge in [0.15, 0.2) is 5.79 Å². The Balaban J connectivity index is 1.83. The Labute approximate surface area is 105 Å². The molecule has 0 aromatic heterocycles. The van der Waals surface area contributed by atoms with Crippen molar-refractivity contribution in [3.8, 4) is 0 Å². The van der Waals surface area contributed by atoms with Gasteiger partial charge in [-0.1, -0.05) is 20.8 Å². The molecule has 0 aromatic rings. The summed E-state index contributed by atoms with van der Waals surface area (Å²) in [6.07, 6.45) is 6.18. The third kappa shape index (κ3) is 1.84. The molecule has 3 rings (SSSR count). The average Bonchev–Trinajstić information content (AvgIpc) is 2.48. The van der Waals surface area contributed by atoms with Crippen LogP contribution in [-0.2, 0) is 9.47 Å². The van der Waals surface area contributed by atoms with Crippen LogP contribution in [0, 0.1) is 17.3 Å². The summed E-state index contributed by atoms with van der Waals surface area (Å²) in [7, 11) is 0. The van der Waals surface area contributed by atoms with E-state index in [1.54, 1.807) is 0 Å². The van der Waals surface area contributed by atoms with E-state index in [9.17, 15) is 0 Å². The monoisotopic (exact) mass is 238 g/mol. The molecule has 0 aromatic carbocycles. The van der Waals surface area contributed by atoms with Gasteiger partial charge >= 0.3 is 0 Å². The molecule has 2 nitrogen and oxygen atoms in total. The number of fused-ring (bicyclic) bond motifs is 1. The van der Waals surface area contributed by atoms with Crippen molar-refractivity contribution in [1.82, 2.24) is 0 Å². The van der Waals surface area contributed by atoms with Gasteiger partial charge in [0.2, 0.25) is 0 Å². The van der Waals surface area contributed by atoms with E-state index >= 15 is 0 Å². The van der Waals surface area contributed by atoms with Gasteiger partial charge < -0.3 is 9.47 Å². The quantitative estimate of drug-likeness (QED) is 0.640. The maximum absolute atomic E-state index is 6.38. The Hall–Kier alpha value is -0.0800. The van der Waals surface area contributed by atoms with Crippen LogP contribution in [-0.4, -0.2) is 18.0 Å². The van der Waals surface area contributed by atoms with Crippen LogP contribution in [0.1, 0.15) is 59.8 Å². The summed E-state index contributed by atoms with van der Waals surface area (Å²) >= 11 is 0. The Kier molecular flexibility index (Phi) is 2.45. The predicted octanol–water partition coefficient (Wildman–Crippen LogP) is 3.74. The highest BCUT2D eigenvalue weighted by atomic mass is 16.7. The summed E-state index contributed by atoms with van der Waals surface area (Å²) < 4.78 is 12.3. The predicted molar refractivity (Wildman–Crippen MR) is 67.7 cm³/mol. The molecule has 1 saturated carbocycles. The van der Waals surface area contributed by atoms with Crippen molar-refractivity contribution in [2.75, 3.05) is 6.61 Å². The maximum atomic E-state index is 6.38. The Bertz CT molecular complexity index is 319. The van der Waals surface area contributed by atoms with Gasteiger partial charge in [-0.3, -0.25) is 0 Å². The Morgan fingerprint density at radius 2 is 1.88 bits per heavy atom. The minimum absolute atomic E-state index is 0.156. The van der Waals surface area contributed by atoms with Crippen LogP contribution in [0.3, 0.4) is 0 Å². The standard InChI is InChI=1S/C15H26O2/c1-13(2,3)11-5-6-12-10-16-14(4)7-8-15(12,9-11)17-14/h11-12H,5-10H2,1-4H3/t11-,12+,14?,15+/m1/s1. The molecule has 2 saturated heterocycles. The molecule has 1 aliphatic carbocycles. The summed E-state index contributed by atoms with van der Waals surface area (Å²) in [5.41, 5.74) is 0.573. The molecule has 2 heteroatoms. The molecule has 98 valence electrons. The maximum Gasteiger partial charge on any atom is 0.166 e. The van der Waals surface area contributed by atoms with Crippen LogP contribution in [0.5, 0.6) is 0 Å². The third-order valence-electron chi connectivity index (χ3n) is 5.44. The number of rotatable bonds is 0. The number of ether oxygens (including phenoxy) is 2. The molecule has 3 aliphatic rings. The van der Waals surface area contributed by atoms with Crippen LogP contribution in [0.4, 0.5) is 0 Å². The van der Waals surface area contributed by atoms with Crippen molar-refractivity contribution in [2.45, 2.75) is 71.2 Å². The first-order valence-corrected chi connectivity index (χ1v) is 7.17. The van der Waals surface area contributed by atoms with Crippen molar-refractivity contribution >= 4 is 0 Å². The molecule has 0 amide bonds. The summed E-state index contributed by atoms with van der Waals surface area (Å²) in [5.74, 6) is 1.19. The van der Waals surface area contributed by atoms with E-state index in [2.05, 4.69) is 27.7 Å². The van der Waals surface area contributed by atoms with Gasteiger partial charge in [0.1, 0.15) is 0 Å². The van der Waals surface area contributed by atoms with Gasteiger partial charge in [0.25, 0.3) is 0 Å². The second kappa shape index (κ2) is 3.48. The van der Waals surface area contributed by atoms with Crippen LogP contribution < -0.4 is 0 Å². The topological polar surface area (TPSA) is 18.5 Å². The van der Waals surface area contributed by atoms with E-state index in [0.717, 1.165) is 18.9 Å². The van der Waals surface area contributed by atoms with Gasteiger partial charge in [-0.2, -0.15) is 0 Å². The molecule has 1 spiro atoms. The molecule has 4 atom stereocenters. The van der Waals surface area contributed by atoms with E-state index in [4.69, 9.17) is 9.47 Å². The lowest BCUT2D eigenvalue weighted by molar-refractivity contribution is -0.313. The van der Waals surface area contributed by atoms with Crippen molar-refractivity contribution < 1.29 is 9.47 Å². The smallest absolute Gasteiger partial charge is 0.166 e.